The topological polar surface area (TPSA) is 55.1 Å². The van der Waals surface area contributed by atoms with Gasteiger partial charge in [0.05, 0.1) is 6.04 Å². The highest BCUT2D eigenvalue weighted by Crippen LogP contribution is 2.06. The fourth-order valence-corrected chi connectivity index (χ4v) is 1.41. The Balaban J connectivity index is 2.52. The summed E-state index contributed by atoms with van der Waals surface area (Å²) in [5, 5.41) is 2.86. The minimum Gasteiger partial charge on any atom is -0.351 e. The summed E-state index contributed by atoms with van der Waals surface area (Å²) >= 11 is 0. The van der Waals surface area contributed by atoms with Crippen molar-refractivity contribution in [3.63, 3.8) is 0 Å². The minimum atomic E-state index is -0.427. The Morgan fingerprint density at radius 3 is 2.56 bits per heavy atom. The van der Waals surface area contributed by atoms with Crippen LogP contribution >= 0.6 is 0 Å². The third kappa shape index (κ3) is 3.35. The van der Waals surface area contributed by atoms with Gasteiger partial charge in [-0.3, -0.25) is 4.79 Å². The number of hydrogen-bond acceptors (Lipinski definition) is 2. The number of nitrogens with one attached hydrogen (secondary N) is 1. The Hall–Kier alpha value is -1.35. The number of carbonyl (C=O) groups is 1. The maximum Gasteiger partial charge on any atom is 0.237 e. The lowest BCUT2D eigenvalue weighted by Crippen LogP contribution is -2.43. The van der Waals surface area contributed by atoms with Crippen LogP contribution in [-0.4, -0.2) is 11.9 Å². The molecule has 3 nitrogen and oxygen atoms in total. The number of hydrogen-bond donors (Lipinski definition) is 2. The van der Waals surface area contributed by atoms with Crippen LogP contribution in [0.4, 0.5) is 0 Å². The average molecular weight is 220 g/mol. The number of amides is 1. The lowest BCUT2D eigenvalue weighted by atomic mass is 10.0. The molecule has 88 valence electrons. The molecule has 0 aliphatic rings. The minimum absolute atomic E-state index is 0.0850. The fraction of sp³-hybridized carbons (Fsp3) is 0.462. The number of benzene rings is 1. The molecule has 0 saturated heterocycles. The van der Waals surface area contributed by atoms with Crippen LogP contribution in [0.3, 0.4) is 0 Å². The molecule has 0 heterocycles. The second kappa shape index (κ2) is 5.66. The Bertz CT molecular complexity index is 361. The highest BCUT2D eigenvalue weighted by molar-refractivity contribution is 5.81. The maximum atomic E-state index is 11.6. The Morgan fingerprint density at radius 2 is 2.00 bits per heavy atom. The molecule has 0 spiro atoms. The second-order valence-corrected chi connectivity index (χ2v) is 4.41. The van der Waals surface area contributed by atoms with E-state index in [1.807, 2.05) is 45.0 Å². The van der Waals surface area contributed by atoms with Gasteiger partial charge in [-0.15, -0.1) is 0 Å². The molecule has 1 unspecified atom stereocenters. The quantitative estimate of drug-likeness (QED) is 0.809. The van der Waals surface area contributed by atoms with Crippen molar-refractivity contribution < 1.29 is 4.79 Å². The van der Waals surface area contributed by atoms with Crippen molar-refractivity contribution in [3.05, 3.63) is 35.4 Å². The third-order valence-electron chi connectivity index (χ3n) is 2.74. The summed E-state index contributed by atoms with van der Waals surface area (Å²) in [6.45, 7) is 6.46. The fourth-order valence-electron chi connectivity index (χ4n) is 1.41. The normalized spacial score (nSPS) is 12.6. The zero-order valence-electron chi connectivity index (χ0n) is 10.2. The van der Waals surface area contributed by atoms with Crippen molar-refractivity contribution in [1.82, 2.24) is 5.32 Å². The summed E-state index contributed by atoms with van der Waals surface area (Å²) in [5.41, 5.74) is 8.06. The van der Waals surface area contributed by atoms with Crippen molar-refractivity contribution in [2.45, 2.75) is 33.4 Å². The molecule has 0 saturated carbocycles. The molecule has 1 atom stereocenters. The van der Waals surface area contributed by atoms with E-state index in [-0.39, 0.29) is 11.8 Å². The number of nitrogens with two attached hydrogens (primary N) is 1. The van der Waals surface area contributed by atoms with E-state index in [9.17, 15) is 4.79 Å². The van der Waals surface area contributed by atoms with Crippen LogP contribution in [0.15, 0.2) is 24.3 Å². The van der Waals surface area contributed by atoms with Gasteiger partial charge in [0, 0.05) is 6.54 Å². The number of rotatable bonds is 4. The van der Waals surface area contributed by atoms with Crippen molar-refractivity contribution in [3.8, 4) is 0 Å². The van der Waals surface area contributed by atoms with Gasteiger partial charge in [0.2, 0.25) is 5.91 Å². The molecule has 0 aliphatic carbocycles. The third-order valence-corrected chi connectivity index (χ3v) is 2.74. The first-order valence-electron chi connectivity index (χ1n) is 5.60. The standard InChI is InChI=1S/C13H20N2O/c1-9(2)12(14)13(16)15-8-11-7-5-4-6-10(11)3/h4-7,9,12H,8,14H2,1-3H3,(H,15,16). The van der Waals surface area contributed by atoms with Gasteiger partial charge in [0.1, 0.15) is 0 Å². The van der Waals surface area contributed by atoms with Crippen molar-refractivity contribution >= 4 is 5.91 Å². The smallest absolute Gasteiger partial charge is 0.237 e. The van der Waals surface area contributed by atoms with Crippen LogP contribution in [0.25, 0.3) is 0 Å². The summed E-state index contributed by atoms with van der Waals surface area (Å²) in [4.78, 5) is 11.6. The highest BCUT2D eigenvalue weighted by Gasteiger charge is 2.16. The molecule has 1 aromatic rings. The molecular weight excluding hydrogens is 200 g/mol. The molecule has 0 aromatic heterocycles. The SMILES string of the molecule is Cc1ccccc1CNC(=O)C(N)C(C)C. The van der Waals surface area contributed by atoms with Gasteiger partial charge in [-0.05, 0) is 24.0 Å². The van der Waals surface area contributed by atoms with E-state index in [0.29, 0.717) is 6.54 Å². The summed E-state index contributed by atoms with van der Waals surface area (Å²) in [6.07, 6.45) is 0. The van der Waals surface area contributed by atoms with Crippen molar-refractivity contribution in [1.29, 1.82) is 0 Å². The first kappa shape index (κ1) is 12.7. The van der Waals surface area contributed by atoms with E-state index >= 15 is 0 Å². The summed E-state index contributed by atoms with van der Waals surface area (Å²) < 4.78 is 0. The molecule has 1 aromatic carbocycles. The van der Waals surface area contributed by atoms with Crippen molar-refractivity contribution in [2.75, 3.05) is 0 Å². The molecule has 0 radical (unpaired) electrons. The van der Waals surface area contributed by atoms with E-state index in [2.05, 4.69) is 5.32 Å². The molecule has 0 bridgehead atoms. The summed E-state index contributed by atoms with van der Waals surface area (Å²) in [6, 6.07) is 7.57. The van der Waals surface area contributed by atoms with Crippen LogP contribution in [0, 0.1) is 12.8 Å². The van der Waals surface area contributed by atoms with E-state index in [0.717, 1.165) is 5.56 Å². The summed E-state index contributed by atoms with van der Waals surface area (Å²) in [5.74, 6) is 0.0788. The van der Waals surface area contributed by atoms with Gasteiger partial charge in [0.25, 0.3) is 0 Å². The number of aryl methyl sites for hydroxylation is 1. The first-order chi connectivity index (χ1) is 7.52. The monoisotopic (exact) mass is 220 g/mol. The molecule has 0 aliphatic heterocycles. The number of carbonyl (C=O) groups excluding carboxylic acids is 1. The van der Waals surface area contributed by atoms with E-state index < -0.39 is 6.04 Å². The molecule has 0 fully saturated rings. The van der Waals surface area contributed by atoms with Crippen LogP contribution in [0.1, 0.15) is 25.0 Å². The van der Waals surface area contributed by atoms with E-state index in [4.69, 9.17) is 5.73 Å². The van der Waals surface area contributed by atoms with Crippen LogP contribution < -0.4 is 11.1 Å². The lowest BCUT2D eigenvalue weighted by molar-refractivity contribution is -0.123. The Kier molecular flexibility index (Phi) is 4.50. The highest BCUT2D eigenvalue weighted by atomic mass is 16.2. The van der Waals surface area contributed by atoms with Crippen LogP contribution in [0.2, 0.25) is 0 Å². The van der Waals surface area contributed by atoms with Crippen LogP contribution in [0.5, 0.6) is 0 Å². The van der Waals surface area contributed by atoms with Gasteiger partial charge < -0.3 is 11.1 Å². The first-order valence-corrected chi connectivity index (χ1v) is 5.60. The van der Waals surface area contributed by atoms with Gasteiger partial charge in [-0.25, -0.2) is 0 Å². The lowest BCUT2D eigenvalue weighted by Gasteiger charge is -2.15. The predicted octanol–water partition coefficient (Wildman–Crippen LogP) is 1.59. The zero-order chi connectivity index (χ0) is 12.1. The van der Waals surface area contributed by atoms with Gasteiger partial charge in [0.15, 0.2) is 0 Å². The van der Waals surface area contributed by atoms with Gasteiger partial charge in [-0.2, -0.15) is 0 Å². The summed E-state index contributed by atoms with van der Waals surface area (Å²) in [7, 11) is 0. The second-order valence-electron chi connectivity index (χ2n) is 4.41. The molecule has 16 heavy (non-hydrogen) atoms. The molecule has 3 heteroatoms. The van der Waals surface area contributed by atoms with Crippen LogP contribution in [-0.2, 0) is 11.3 Å². The largest absolute Gasteiger partial charge is 0.351 e. The van der Waals surface area contributed by atoms with Gasteiger partial charge >= 0.3 is 0 Å². The van der Waals surface area contributed by atoms with E-state index in [1.54, 1.807) is 0 Å². The zero-order valence-corrected chi connectivity index (χ0v) is 10.2. The molecule has 1 amide bonds. The van der Waals surface area contributed by atoms with Gasteiger partial charge in [-0.1, -0.05) is 38.1 Å². The Morgan fingerprint density at radius 1 is 1.38 bits per heavy atom. The predicted molar refractivity (Wildman–Crippen MR) is 65.8 cm³/mol. The van der Waals surface area contributed by atoms with Crippen molar-refractivity contribution in [2.24, 2.45) is 11.7 Å². The molecular formula is C13H20N2O. The molecule has 1 rings (SSSR count). The van der Waals surface area contributed by atoms with E-state index in [1.165, 1.54) is 5.56 Å². The Labute approximate surface area is 97.0 Å². The average Bonchev–Trinajstić information content (AvgIpc) is 2.26. The molecule has 3 N–H and O–H groups in total. The maximum absolute atomic E-state index is 11.6.